The van der Waals surface area contributed by atoms with Crippen molar-refractivity contribution in [2.45, 2.75) is 31.2 Å². The zero-order chi connectivity index (χ0) is 11.6. The number of hydrogen-bond donors (Lipinski definition) is 1. The topological polar surface area (TPSA) is 48.7 Å². The number of alkyl halides is 2. The molecule has 1 aromatic rings. The smallest absolute Gasteiger partial charge is 0.250 e. The van der Waals surface area contributed by atoms with E-state index in [1.54, 1.807) is 12.1 Å². The average Bonchev–Trinajstić information content (AvgIpc) is 2.59. The lowest BCUT2D eigenvalue weighted by Crippen LogP contribution is -2.19. The summed E-state index contributed by atoms with van der Waals surface area (Å²) >= 11 is 0. The van der Waals surface area contributed by atoms with Crippen LogP contribution >= 0.6 is 0 Å². The van der Waals surface area contributed by atoms with Gasteiger partial charge in [-0.1, -0.05) is 0 Å². The lowest BCUT2D eigenvalue weighted by Gasteiger charge is -2.13. The number of rotatable bonds is 2. The van der Waals surface area contributed by atoms with Gasteiger partial charge in [-0.05, 0) is 18.6 Å². The number of aromatic nitrogens is 1. The zero-order valence-corrected chi connectivity index (χ0v) is 8.58. The first kappa shape index (κ1) is 10.8. The van der Waals surface area contributed by atoms with Gasteiger partial charge in [0, 0.05) is 25.1 Å². The van der Waals surface area contributed by atoms with Crippen LogP contribution in [0.25, 0.3) is 0 Å². The van der Waals surface area contributed by atoms with Gasteiger partial charge in [0.1, 0.15) is 11.9 Å². The molecular weight excluding hydrogens is 212 g/mol. The minimum Gasteiger partial charge on any atom is -0.367 e. The third-order valence-electron chi connectivity index (χ3n) is 2.65. The molecule has 1 aliphatic rings. The molecule has 1 N–H and O–H groups in total. The summed E-state index contributed by atoms with van der Waals surface area (Å²) in [6.45, 7) is 0. The van der Waals surface area contributed by atoms with Crippen molar-refractivity contribution >= 4 is 5.82 Å². The Bertz CT molecular complexity index is 408. The maximum atomic E-state index is 12.9. The molecule has 1 aliphatic carbocycles. The fourth-order valence-corrected chi connectivity index (χ4v) is 1.83. The minimum atomic E-state index is -2.55. The Morgan fingerprint density at radius 2 is 2.31 bits per heavy atom. The molecule has 1 fully saturated rings. The third kappa shape index (κ3) is 2.45. The first-order chi connectivity index (χ1) is 7.59. The van der Waals surface area contributed by atoms with Crippen molar-refractivity contribution < 1.29 is 8.78 Å². The van der Waals surface area contributed by atoms with Gasteiger partial charge in [0.25, 0.3) is 0 Å². The molecule has 2 rings (SSSR count). The second kappa shape index (κ2) is 4.05. The molecule has 1 heterocycles. The summed E-state index contributed by atoms with van der Waals surface area (Å²) in [7, 11) is 0. The molecule has 0 unspecified atom stereocenters. The average molecular weight is 223 g/mol. The van der Waals surface area contributed by atoms with Gasteiger partial charge in [-0.2, -0.15) is 5.26 Å². The van der Waals surface area contributed by atoms with Crippen LogP contribution in [-0.2, 0) is 0 Å². The summed E-state index contributed by atoms with van der Waals surface area (Å²) in [4.78, 5) is 3.98. The fourth-order valence-electron chi connectivity index (χ4n) is 1.83. The van der Waals surface area contributed by atoms with Gasteiger partial charge in [-0.15, -0.1) is 0 Å². The molecule has 1 aromatic heterocycles. The van der Waals surface area contributed by atoms with E-state index >= 15 is 0 Å². The van der Waals surface area contributed by atoms with E-state index in [2.05, 4.69) is 10.3 Å². The lowest BCUT2D eigenvalue weighted by molar-refractivity contribution is 0.00852. The molecule has 0 aromatic carbocycles. The zero-order valence-electron chi connectivity index (χ0n) is 8.58. The summed E-state index contributed by atoms with van der Waals surface area (Å²) in [5, 5.41) is 11.5. The number of anilines is 1. The van der Waals surface area contributed by atoms with Crippen molar-refractivity contribution in [3.63, 3.8) is 0 Å². The molecule has 0 amide bonds. The van der Waals surface area contributed by atoms with Crippen LogP contribution in [0.5, 0.6) is 0 Å². The highest BCUT2D eigenvalue weighted by molar-refractivity contribution is 5.40. The monoisotopic (exact) mass is 223 g/mol. The van der Waals surface area contributed by atoms with Gasteiger partial charge in [-0.3, -0.25) is 0 Å². The second-order valence-corrected chi connectivity index (χ2v) is 3.98. The Hall–Kier alpha value is -1.70. The van der Waals surface area contributed by atoms with Gasteiger partial charge in [0.15, 0.2) is 0 Å². The van der Waals surface area contributed by atoms with Gasteiger partial charge < -0.3 is 5.32 Å². The van der Waals surface area contributed by atoms with Crippen molar-refractivity contribution in [3.05, 3.63) is 23.9 Å². The van der Waals surface area contributed by atoms with Crippen molar-refractivity contribution in [2.75, 3.05) is 5.32 Å². The van der Waals surface area contributed by atoms with Crippen LogP contribution < -0.4 is 5.32 Å². The Balaban J connectivity index is 1.97. The van der Waals surface area contributed by atoms with Gasteiger partial charge in [0.05, 0.1) is 5.56 Å². The summed E-state index contributed by atoms with van der Waals surface area (Å²) < 4.78 is 25.8. The normalized spacial score (nSPS) is 22.7. The number of hydrogen-bond acceptors (Lipinski definition) is 3. The van der Waals surface area contributed by atoms with E-state index in [1.807, 2.05) is 6.07 Å². The number of nitriles is 1. The van der Waals surface area contributed by atoms with Crippen LogP contribution in [0.3, 0.4) is 0 Å². The standard InChI is InChI=1S/C11H11F2N3/c12-11(13)4-3-9(5-11)16-10-2-1-8(6-14)7-15-10/h1-2,7,9H,3-5H2,(H,15,16)/t9-/m1/s1. The lowest BCUT2D eigenvalue weighted by atomic mass is 10.2. The van der Waals surface area contributed by atoms with Crippen LogP contribution in [0.4, 0.5) is 14.6 Å². The summed E-state index contributed by atoms with van der Waals surface area (Å²) in [5.41, 5.74) is 0.460. The second-order valence-electron chi connectivity index (χ2n) is 3.98. The van der Waals surface area contributed by atoms with Crippen LogP contribution in [0.15, 0.2) is 18.3 Å². The highest BCUT2D eigenvalue weighted by Gasteiger charge is 2.39. The van der Waals surface area contributed by atoms with Crippen LogP contribution in [0.2, 0.25) is 0 Å². The largest absolute Gasteiger partial charge is 0.367 e. The quantitative estimate of drug-likeness (QED) is 0.838. The van der Waals surface area contributed by atoms with E-state index in [9.17, 15) is 8.78 Å². The molecule has 0 bridgehead atoms. The Morgan fingerprint density at radius 3 is 2.81 bits per heavy atom. The number of nitrogens with one attached hydrogen (secondary N) is 1. The SMILES string of the molecule is N#Cc1ccc(N[C@@H]2CCC(F)(F)C2)nc1. The summed E-state index contributed by atoms with van der Waals surface area (Å²) in [5.74, 6) is -2.01. The Labute approximate surface area is 92.1 Å². The van der Waals surface area contributed by atoms with E-state index in [1.165, 1.54) is 6.20 Å². The Kier molecular flexibility index (Phi) is 2.73. The van der Waals surface area contributed by atoms with E-state index in [0.717, 1.165) is 0 Å². The molecule has 0 saturated heterocycles. The number of halogens is 2. The maximum absolute atomic E-state index is 12.9. The summed E-state index contributed by atoms with van der Waals surface area (Å²) in [6.07, 6.45) is 1.67. The van der Waals surface area contributed by atoms with Gasteiger partial charge >= 0.3 is 0 Å². The molecule has 1 atom stereocenters. The third-order valence-corrected chi connectivity index (χ3v) is 2.65. The maximum Gasteiger partial charge on any atom is 0.250 e. The van der Waals surface area contributed by atoms with Crippen LogP contribution in [-0.4, -0.2) is 16.9 Å². The van der Waals surface area contributed by atoms with Gasteiger partial charge in [-0.25, -0.2) is 13.8 Å². The molecule has 1 saturated carbocycles. The number of pyridine rings is 1. The highest BCUT2D eigenvalue weighted by Crippen LogP contribution is 2.35. The van der Waals surface area contributed by atoms with E-state index in [-0.39, 0.29) is 18.9 Å². The molecule has 3 nitrogen and oxygen atoms in total. The minimum absolute atomic E-state index is 0.0685. The van der Waals surface area contributed by atoms with Crippen molar-refractivity contribution in [2.24, 2.45) is 0 Å². The van der Waals surface area contributed by atoms with Crippen molar-refractivity contribution in [1.29, 1.82) is 5.26 Å². The predicted octanol–water partition coefficient (Wildman–Crippen LogP) is 2.55. The fraction of sp³-hybridized carbons (Fsp3) is 0.455. The van der Waals surface area contributed by atoms with Crippen LogP contribution in [0.1, 0.15) is 24.8 Å². The van der Waals surface area contributed by atoms with E-state index < -0.39 is 5.92 Å². The first-order valence-electron chi connectivity index (χ1n) is 5.10. The van der Waals surface area contributed by atoms with Gasteiger partial charge in [0.2, 0.25) is 5.92 Å². The van der Waals surface area contributed by atoms with Crippen molar-refractivity contribution in [1.82, 2.24) is 4.98 Å². The molecule has 0 spiro atoms. The first-order valence-corrected chi connectivity index (χ1v) is 5.10. The Morgan fingerprint density at radius 1 is 1.50 bits per heavy atom. The van der Waals surface area contributed by atoms with Crippen LogP contribution in [0, 0.1) is 11.3 Å². The highest BCUT2D eigenvalue weighted by atomic mass is 19.3. The molecule has 5 heteroatoms. The summed E-state index contributed by atoms with van der Waals surface area (Å²) in [6, 6.07) is 4.97. The molecule has 84 valence electrons. The van der Waals surface area contributed by atoms with E-state index in [0.29, 0.717) is 17.8 Å². The molecule has 16 heavy (non-hydrogen) atoms. The molecule has 0 aliphatic heterocycles. The van der Waals surface area contributed by atoms with E-state index in [4.69, 9.17) is 5.26 Å². The molecule has 0 radical (unpaired) electrons. The molecular formula is C11H11F2N3. The van der Waals surface area contributed by atoms with Crippen molar-refractivity contribution in [3.8, 4) is 6.07 Å². The number of nitrogens with zero attached hydrogens (tertiary/aromatic N) is 2. The predicted molar refractivity (Wildman–Crippen MR) is 55.2 cm³/mol.